The molecule has 0 aliphatic heterocycles. The van der Waals surface area contributed by atoms with Gasteiger partial charge < -0.3 is 24.0 Å². The van der Waals surface area contributed by atoms with E-state index in [0.717, 1.165) is 12.1 Å². The predicted molar refractivity (Wildman–Crippen MR) is 171 cm³/mol. The number of rotatable bonds is 7. The first kappa shape index (κ1) is 33.7. The number of ether oxygens (including phenoxy) is 2. The second-order valence-corrected chi connectivity index (χ2v) is 10.3. The summed E-state index contributed by atoms with van der Waals surface area (Å²) in [4.78, 5) is 17.4. The summed E-state index contributed by atoms with van der Waals surface area (Å²) in [7, 11) is 0. The van der Waals surface area contributed by atoms with E-state index < -0.39 is 11.6 Å². The van der Waals surface area contributed by atoms with Gasteiger partial charge in [0.15, 0.2) is 0 Å². The average molecular weight is 828 g/mol. The van der Waals surface area contributed by atoms with Crippen molar-refractivity contribution in [2.75, 3.05) is 0 Å². The Balaban J connectivity index is 0.00000208. The maximum absolute atomic E-state index is 16.0. The standard InChI is InChI=1S/C38H19F2N5O2.2Pd/c39-30-20-28(46-26-10-5-8-24(18-26)32-12-1-3-14-41-32)22-34-36(30)37-31(40)21-29(23-35(37)45(34)38-43-16-7-17-44-38)47-27-11-6-9-25(19-27)33-13-2-4-15-42-33;;/h1-17,20-21H;;/q-4;2*+2. The topological polar surface area (TPSA) is 75.0 Å². The molecule has 0 unspecified atom stereocenters. The molecule has 242 valence electrons. The van der Waals surface area contributed by atoms with E-state index in [9.17, 15) is 0 Å². The van der Waals surface area contributed by atoms with Crippen molar-refractivity contribution in [2.45, 2.75) is 0 Å². The number of nitrogens with zero attached hydrogens (tertiary/aromatic N) is 5. The molecule has 8 aromatic rings. The van der Waals surface area contributed by atoms with Gasteiger partial charge in [-0.3, -0.25) is 0 Å². The number of hydrogen-bond acceptors (Lipinski definition) is 6. The third-order valence-electron chi connectivity index (χ3n) is 7.26. The van der Waals surface area contributed by atoms with Gasteiger partial charge in [0.25, 0.3) is 0 Å². The van der Waals surface area contributed by atoms with E-state index in [1.54, 1.807) is 42.7 Å². The molecule has 4 aromatic heterocycles. The molecule has 0 amide bonds. The molecule has 0 atom stereocenters. The minimum atomic E-state index is -0.730. The molecule has 0 spiro atoms. The van der Waals surface area contributed by atoms with E-state index in [1.165, 1.54) is 17.0 Å². The van der Waals surface area contributed by atoms with E-state index in [2.05, 4.69) is 44.2 Å². The van der Waals surface area contributed by atoms with Crippen LogP contribution < -0.4 is 9.47 Å². The molecule has 8 rings (SSSR count). The van der Waals surface area contributed by atoms with Crippen molar-refractivity contribution in [3.63, 3.8) is 0 Å². The number of aromatic nitrogens is 5. The van der Waals surface area contributed by atoms with E-state index in [0.29, 0.717) is 34.0 Å². The summed E-state index contributed by atoms with van der Waals surface area (Å²) in [5.74, 6) is -0.581. The van der Waals surface area contributed by atoms with Crippen molar-refractivity contribution in [1.29, 1.82) is 0 Å². The van der Waals surface area contributed by atoms with E-state index in [1.807, 2.05) is 48.5 Å². The molecule has 0 aliphatic carbocycles. The molecular formula is C38H19F2N5O2Pd2. The van der Waals surface area contributed by atoms with Gasteiger partial charge in [0.1, 0.15) is 0 Å². The van der Waals surface area contributed by atoms with Gasteiger partial charge in [-0.05, 0) is 29.6 Å². The van der Waals surface area contributed by atoms with Crippen LogP contribution in [0.3, 0.4) is 0 Å². The molecule has 49 heavy (non-hydrogen) atoms. The van der Waals surface area contributed by atoms with Crippen molar-refractivity contribution in [3.8, 4) is 51.5 Å². The molecule has 0 N–H and O–H groups in total. The first-order valence-electron chi connectivity index (χ1n) is 14.4. The van der Waals surface area contributed by atoms with Crippen LogP contribution in [0.4, 0.5) is 8.78 Å². The number of benzene rings is 4. The van der Waals surface area contributed by atoms with Gasteiger partial charge in [0.2, 0.25) is 5.95 Å². The minimum absolute atomic E-state index is 0. The summed E-state index contributed by atoms with van der Waals surface area (Å²) in [5, 5.41) is -0.0648. The molecular weight excluding hydrogens is 809 g/mol. The van der Waals surface area contributed by atoms with Gasteiger partial charge in [-0.1, -0.05) is 59.6 Å². The molecule has 0 bridgehead atoms. The Hall–Kier alpha value is -5.16. The number of halogens is 2. The summed E-state index contributed by atoms with van der Waals surface area (Å²) < 4.78 is 45.5. The normalized spacial score (nSPS) is 10.7. The second-order valence-electron chi connectivity index (χ2n) is 10.3. The SMILES string of the molecule is Fc1cc(Oc2[c-]c(-c3ccccn3)ccc2)[c-]c2c1c1c(F)cc(Oc3[c-]c(-c4ccccn4)ccc3)[c-]c1n2-c1ncccn1.[Pd+2].[Pd+2]. The van der Waals surface area contributed by atoms with Crippen LogP contribution in [0.25, 0.3) is 50.3 Å². The zero-order chi connectivity index (χ0) is 31.7. The van der Waals surface area contributed by atoms with Crippen LogP contribution in [-0.2, 0) is 40.8 Å². The molecule has 7 nitrogen and oxygen atoms in total. The van der Waals surface area contributed by atoms with Crippen LogP contribution in [0.5, 0.6) is 23.0 Å². The van der Waals surface area contributed by atoms with Gasteiger partial charge >= 0.3 is 40.8 Å². The van der Waals surface area contributed by atoms with Crippen LogP contribution >= 0.6 is 0 Å². The van der Waals surface area contributed by atoms with E-state index in [4.69, 9.17) is 9.47 Å². The predicted octanol–water partition coefficient (Wildman–Crippen LogP) is 8.76. The molecule has 0 saturated heterocycles. The minimum Gasteiger partial charge on any atom is -0.503 e. The monoisotopic (exact) mass is 827 g/mol. The summed E-state index contributed by atoms with van der Waals surface area (Å²) in [6.07, 6.45) is 6.43. The first-order valence-corrected chi connectivity index (χ1v) is 14.4. The Morgan fingerprint density at radius 2 is 0.959 bits per heavy atom. The first-order chi connectivity index (χ1) is 23.1. The fourth-order valence-electron chi connectivity index (χ4n) is 5.27. The third-order valence-corrected chi connectivity index (χ3v) is 7.26. The van der Waals surface area contributed by atoms with Crippen LogP contribution in [0.2, 0.25) is 0 Å². The summed E-state index contributed by atoms with van der Waals surface area (Å²) in [5.41, 5.74) is 3.10. The largest absolute Gasteiger partial charge is 2.00 e. The quantitative estimate of drug-likeness (QED) is 0.118. The van der Waals surface area contributed by atoms with Crippen molar-refractivity contribution < 1.29 is 59.1 Å². The van der Waals surface area contributed by atoms with Crippen molar-refractivity contribution in [2.24, 2.45) is 0 Å². The maximum Gasteiger partial charge on any atom is 2.00 e. The van der Waals surface area contributed by atoms with Crippen LogP contribution in [0.15, 0.2) is 116 Å². The molecule has 0 fully saturated rings. The van der Waals surface area contributed by atoms with Gasteiger partial charge in [-0.15, -0.1) is 70.4 Å². The Bertz CT molecular complexity index is 2250. The van der Waals surface area contributed by atoms with Crippen molar-refractivity contribution in [3.05, 3.63) is 152 Å². The fourth-order valence-corrected chi connectivity index (χ4v) is 5.27. The van der Waals surface area contributed by atoms with Crippen molar-refractivity contribution >= 4 is 21.8 Å². The van der Waals surface area contributed by atoms with Gasteiger partial charge in [0.05, 0.1) is 0 Å². The third kappa shape index (κ3) is 6.76. The zero-order valence-corrected chi connectivity index (χ0v) is 28.0. The zero-order valence-electron chi connectivity index (χ0n) is 24.9. The number of pyridine rings is 2. The molecule has 0 radical (unpaired) electrons. The Kier molecular flexibility index (Phi) is 10.0. The fraction of sp³-hybridized carbons (Fsp3) is 0. The van der Waals surface area contributed by atoms with E-state index >= 15 is 8.78 Å². The Labute approximate surface area is 306 Å². The maximum atomic E-state index is 16.0. The molecule has 0 saturated carbocycles. The summed E-state index contributed by atoms with van der Waals surface area (Å²) in [6.45, 7) is 0. The molecule has 0 aliphatic rings. The number of fused-ring (bicyclic) bond motifs is 3. The molecule has 4 aromatic carbocycles. The van der Waals surface area contributed by atoms with Crippen LogP contribution in [0.1, 0.15) is 0 Å². The van der Waals surface area contributed by atoms with Crippen molar-refractivity contribution in [1.82, 2.24) is 24.5 Å². The Morgan fingerprint density at radius 1 is 0.490 bits per heavy atom. The number of hydrogen-bond donors (Lipinski definition) is 0. The summed E-state index contributed by atoms with van der Waals surface area (Å²) in [6, 6.07) is 38.2. The van der Waals surface area contributed by atoms with Gasteiger partial charge in [-0.2, -0.15) is 0 Å². The Morgan fingerprint density at radius 3 is 1.41 bits per heavy atom. The molecule has 4 heterocycles. The van der Waals surface area contributed by atoms with E-state index in [-0.39, 0.29) is 80.1 Å². The smallest absolute Gasteiger partial charge is 0.503 e. The van der Waals surface area contributed by atoms with Crippen LogP contribution in [0, 0.1) is 35.9 Å². The van der Waals surface area contributed by atoms with Gasteiger partial charge in [-0.25, -0.2) is 18.7 Å². The van der Waals surface area contributed by atoms with Crippen LogP contribution in [-0.4, -0.2) is 24.5 Å². The summed E-state index contributed by atoms with van der Waals surface area (Å²) >= 11 is 0. The average Bonchev–Trinajstić information content (AvgIpc) is 3.44. The van der Waals surface area contributed by atoms with Gasteiger partial charge in [0, 0.05) is 59.4 Å². The molecule has 11 heteroatoms. The second kappa shape index (κ2) is 14.5.